The summed E-state index contributed by atoms with van der Waals surface area (Å²) in [6, 6.07) is 1.28. The maximum Gasteiger partial charge on any atom is 0.255 e. The van der Waals surface area contributed by atoms with Gasteiger partial charge in [-0.25, -0.2) is 9.97 Å². The van der Waals surface area contributed by atoms with Gasteiger partial charge in [-0.3, -0.25) is 9.36 Å². The van der Waals surface area contributed by atoms with Crippen LogP contribution in [0.2, 0.25) is 5.15 Å². The van der Waals surface area contributed by atoms with Gasteiger partial charge in [-0.15, -0.1) is 0 Å². The fourth-order valence-electron chi connectivity index (χ4n) is 1.22. The number of aryl methyl sites for hydroxylation is 1. The Morgan fingerprint density at radius 2 is 2.27 bits per heavy atom. The first-order valence-corrected chi connectivity index (χ1v) is 4.73. The summed E-state index contributed by atoms with van der Waals surface area (Å²) in [6.07, 6.45) is 4.92. The maximum atomic E-state index is 11.5. The molecule has 0 fully saturated rings. The second kappa shape index (κ2) is 3.86. The second-order valence-electron chi connectivity index (χ2n) is 3.13. The van der Waals surface area contributed by atoms with Gasteiger partial charge in [0.15, 0.2) is 0 Å². The van der Waals surface area contributed by atoms with E-state index in [0.717, 1.165) is 5.82 Å². The van der Waals surface area contributed by atoms with E-state index in [9.17, 15) is 4.79 Å². The van der Waals surface area contributed by atoms with E-state index in [1.165, 1.54) is 17.0 Å². The molecule has 5 nitrogen and oxygen atoms in total. The molecule has 2 rings (SSSR count). The highest BCUT2D eigenvalue weighted by Crippen LogP contribution is 1.99. The van der Waals surface area contributed by atoms with Crippen molar-refractivity contribution in [3.8, 4) is 0 Å². The van der Waals surface area contributed by atoms with Gasteiger partial charge in [0.1, 0.15) is 11.0 Å². The van der Waals surface area contributed by atoms with E-state index in [1.54, 1.807) is 6.20 Å². The Morgan fingerprint density at radius 1 is 1.47 bits per heavy atom. The van der Waals surface area contributed by atoms with Crippen LogP contribution in [-0.4, -0.2) is 19.1 Å². The van der Waals surface area contributed by atoms with Crippen LogP contribution in [0.5, 0.6) is 0 Å². The molecule has 15 heavy (non-hydrogen) atoms. The summed E-state index contributed by atoms with van der Waals surface area (Å²) in [5.41, 5.74) is -0.182. The first-order chi connectivity index (χ1) is 7.16. The number of rotatable bonds is 2. The molecule has 0 aliphatic rings. The summed E-state index contributed by atoms with van der Waals surface area (Å²) in [4.78, 5) is 19.4. The van der Waals surface area contributed by atoms with Crippen LogP contribution in [0.25, 0.3) is 0 Å². The average Bonchev–Trinajstić information content (AvgIpc) is 2.57. The smallest absolute Gasteiger partial charge is 0.255 e. The van der Waals surface area contributed by atoms with Crippen LogP contribution < -0.4 is 5.56 Å². The van der Waals surface area contributed by atoms with Crippen molar-refractivity contribution in [3.05, 3.63) is 46.1 Å². The molecule has 0 unspecified atom stereocenters. The zero-order valence-corrected chi connectivity index (χ0v) is 8.85. The Hall–Kier alpha value is -1.62. The number of hydrogen-bond acceptors (Lipinski definition) is 3. The standard InChI is InChI=1S/C9H9ClN4O/c1-13-3-2-11-8(13)5-14-6-12-7(10)4-9(14)15/h2-4,6H,5H2,1H3. The van der Waals surface area contributed by atoms with E-state index in [2.05, 4.69) is 9.97 Å². The highest BCUT2D eigenvalue weighted by Gasteiger charge is 2.02. The summed E-state index contributed by atoms with van der Waals surface area (Å²) in [6.45, 7) is 0.395. The molecule has 0 saturated carbocycles. The molecule has 0 spiro atoms. The van der Waals surface area contributed by atoms with E-state index < -0.39 is 0 Å². The highest BCUT2D eigenvalue weighted by atomic mass is 35.5. The molecule has 0 bridgehead atoms. The number of nitrogens with zero attached hydrogens (tertiary/aromatic N) is 4. The molecule has 2 heterocycles. The largest absolute Gasteiger partial charge is 0.337 e. The predicted molar refractivity (Wildman–Crippen MR) is 55.8 cm³/mol. The van der Waals surface area contributed by atoms with Gasteiger partial charge in [0, 0.05) is 25.5 Å². The van der Waals surface area contributed by atoms with Gasteiger partial charge in [-0.1, -0.05) is 11.6 Å². The molecule has 0 radical (unpaired) electrons. The van der Waals surface area contributed by atoms with Crippen LogP contribution >= 0.6 is 11.6 Å². The first kappa shape index (κ1) is 9.92. The minimum absolute atomic E-state index is 0.182. The summed E-state index contributed by atoms with van der Waals surface area (Å²) < 4.78 is 3.30. The fourth-order valence-corrected chi connectivity index (χ4v) is 1.36. The normalized spacial score (nSPS) is 10.5. The highest BCUT2D eigenvalue weighted by molar-refractivity contribution is 6.29. The van der Waals surface area contributed by atoms with Crippen LogP contribution in [-0.2, 0) is 13.6 Å². The van der Waals surface area contributed by atoms with Gasteiger partial charge in [-0.2, -0.15) is 0 Å². The third kappa shape index (κ3) is 2.07. The lowest BCUT2D eigenvalue weighted by atomic mass is 10.5. The van der Waals surface area contributed by atoms with Gasteiger partial charge in [0.2, 0.25) is 0 Å². The summed E-state index contributed by atoms with van der Waals surface area (Å²) in [7, 11) is 1.87. The van der Waals surface area contributed by atoms with E-state index in [4.69, 9.17) is 11.6 Å². The number of aromatic nitrogens is 4. The van der Waals surface area contributed by atoms with Crippen LogP contribution in [0.3, 0.4) is 0 Å². The summed E-state index contributed by atoms with van der Waals surface area (Å²) in [5.74, 6) is 0.793. The van der Waals surface area contributed by atoms with Crippen molar-refractivity contribution < 1.29 is 0 Å². The van der Waals surface area contributed by atoms with Gasteiger partial charge in [0.25, 0.3) is 5.56 Å². The Bertz CT molecular complexity index is 531. The van der Waals surface area contributed by atoms with E-state index in [-0.39, 0.29) is 10.7 Å². The predicted octanol–water partition coefficient (Wildman–Crippen LogP) is 0.678. The minimum atomic E-state index is -0.182. The van der Waals surface area contributed by atoms with Crippen LogP contribution in [0.4, 0.5) is 0 Å². The van der Waals surface area contributed by atoms with Crippen LogP contribution in [0.1, 0.15) is 5.82 Å². The van der Waals surface area contributed by atoms with Crippen LogP contribution in [0, 0.1) is 0 Å². The summed E-state index contributed by atoms with van der Waals surface area (Å²) >= 11 is 5.58. The number of halogens is 1. The van der Waals surface area contributed by atoms with Gasteiger partial charge < -0.3 is 4.57 Å². The third-order valence-electron chi connectivity index (χ3n) is 2.08. The molecule has 78 valence electrons. The lowest BCUT2D eigenvalue weighted by Gasteiger charge is -2.04. The molecule has 0 aliphatic heterocycles. The van der Waals surface area contributed by atoms with Crippen LogP contribution in [0.15, 0.2) is 29.6 Å². The van der Waals surface area contributed by atoms with E-state index in [0.29, 0.717) is 6.54 Å². The average molecular weight is 225 g/mol. The van der Waals surface area contributed by atoms with Crippen molar-refractivity contribution in [2.45, 2.75) is 6.54 Å². The van der Waals surface area contributed by atoms with Crippen molar-refractivity contribution in [2.75, 3.05) is 0 Å². The molecular formula is C9H9ClN4O. The number of hydrogen-bond donors (Lipinski definition) is 0. The zero-order valence-electron chi connectivity index (χ0n) is 8.09. The van der Waals surface area contributed by atoms with Crippen molar-refractivity contribution in [2.24, 2.45) is 7.05 Å². The lowest BCUT2D eigenvalue weighted by molar-refractivity contribution is 0.666. The number of imidazole rings is 1. The monoisotopic (exact) mass is 224 g/mol. The maximum absolute atomic E-state index is 11.5. The van der Waals surface area contributed by atoms with E-state index in [1.807, 2.05) is 17.8 Å². The topological polar surface area (TPSA) is 52.7 Å². The van der Waals surface area contributed by atoms with E-state index >= 15 is 0 Å². The quantitative estimate of drug-likeness (QED) is 0.705. The van der Waals surface area contributed by atoms with Gasteiger partial charge in [0.05, 0.1) is 12.9 Å². The van der Waals surface area contributed by atoms with Crippen molar-refractivity contribution in [1.82, 2.24) is 19.1 Å². The SMILES string of the molecule is Cn1ccnc1Cn1cnc(Cl)cc1=O. The fraction of sp³-hybridized carbons (Fsp3) is 0.222. The Kier molecular flexibility index (Phi) is 2.55. The molecule has 0 amide bonds. The van der Waals surface area contributed by atoms with Gasteiger partial charge in [-0.05, 0) is 0 Å². The van der Waals surface area contributed by atoms with Gasteiger partial charge >= 0.3 is 0 Å². The molecule has 2 aromatic heterocycles. The molecular weight excluding hydrogens is 216 g/mol. The molecule has 0 aliphatic carbocycles. The lowest BCUT2D eigenvalue weighted by Crippen LogP contribution is -2.21. The Balaban J connectivity index is 2.33. The van der Waals surface area contributed by atoms with Crippen molar-refractivity contribution >= 4 is 11.6 Å². The molecule has 0 saturated heterocycles. The Morgan fingerprint density at radius 3 is 2.87 bits per heavy atom. The molecule has 2 aromatic rings. The molecule has 0 aromatic carbocycles. The van der Waals surface area contributed by atoms with Crippen molar-refractivity contribution in [3.63, 3.8) is 0 Å². The molecule has 0 N–H and O–H groups in total. The Labute approximate surface area is 91.0 Å². The second-order valence-corrected chi connectivity index (χ2v) is 3.52. The zero-order chi connectivity index (χ0) is 10.8. The summed E-state index contributed by atoms with van der Waals surface area (Å²) in [5, 5.41) is 0.205. The first-order valence-electron chi connectivity index (χ1n) is 4.35. The third-order valence-corrected chi connectivity index (χ3v) is 2.29. The van der Waals surface area contributed by atoms with Crippen molar-refractivity contribution in [1.29, 1.82) is 0 Å². The minimum Gasteiger partial charge on any atom is -0.337 e. The molecule has 6 heteroatoms. The molecule has 0 atom stereocenters.